The molecule has 1 aliphatic carbocycles. The molecule has 0 spiro atoms. The minimum absolute atomic E-state index is 0.628. The van der Waals surface area contributed by atoms with Crippen molar-refractivity contribution in [1.29, 1.82) is 0 Å². The third-order valence-corrected chi connectivity index (χ3v) is 2.78. The monoisotopic (exact) mass is 151 g/mol. The zero-order valence-corrected chi connectivity index (χ0v) is 6.69. The zero-order valence-electron chi connectivity index (χ0n) is 5.87. The van der Waals surface area contributed by atoms with Gasteiger partial charge in [0.1, 0.15) is 0 Å². The van der Waals surface area contributed by atoms with Crippen LogP contribution in [0.5, 0.6) is 0 Å². The van der Waals surface area contributed by atoms with Gasteiger partial charge < -0.3 is 0 Å². The van der Waals surface area contributed by atoms with Gasteiger partial charge in [-0.1, -0.05) is 11.6 Å². The van der Waals surface area contributed by atoms with Crippen LogP contribution in [0, 0.1) is 0 Å². The molecular formula is C8H9NS. The SMILES string of the molecule is CC1=CCC2SC=NC2=C1. The molecule has 10 heavy (non-hydrogen) atoms. The Morgan fingerprint density at radius 3 is 3.50 bits per heavy atom. The second-order valence-corrected chi connectivity index (χ2v) is 3.66. The lowest BCUT2D eigenvalue weighted by molar-refractivity contribution is 0.964. The molecule has 0 aromatic heterocycles. The van der Waals surface area contributed by atoms with Crippen molar-refractivity contribution in [3.05, 3.63) is 23.4 Å². The molecule has 0 aromatic rings. The summed E-state index contributed by atoms with van der Waals surface area (Å²) in [5.41, 5.74) is 4.55. The van der Waals surface area contributed by atoms with E-state index >= 15 is 0 Å². The molecule has 0 N–H and O–H groups in total. The summed E-state index contributed by atoms with van der Waals surface area (Å²) in [6, 6.07) is 0. The van der Waals surface area contributed by atoms with Crippen LogP contribution < -0.4 is 0 Å². The predicted octanol–water partition coefficient (Wildman–Crippen LogP) is 2.36. The van der Waals surface area contributed by atoms with Gasteiger partial charge in [0, 0.05) is 0 Å². The predicted molar refractivity (Wildman–Crippen MR) is 46.3 cm³/mol. The van der Waals surface area contributed by atoms with Gasteiger partial charge >= 0.3 is 0 Å². The molecule has 0 bridgehead atoms. The van der Waals surface area contributed by atoms with E-state index < -0.39 is 0 Å². The van der Waals surface area contributed by atoms with Crippen molar-refractivity contribution < 1.29 is 0 Å². The molecule has 0 fully saturated rings. The topological polar surface area (TPSA) is 12.4 Å². The van der Waals surface area contributed by atoms with Crippen LogP contribution in [0.15, 0.2) is 28.4 Å². The summed E-state index contributed by atoms with van der Waals surface area (Å²) in [5, 5.41) is 0.628. The number of allylic oxidation sites excluding steroid dienone is 3. The minimum Gasteiger partial charge on any atom is -0.253 e. The Kier molecular flexibility index (Phi) is 1.42. The second kappa shape index (κ2) is 2.27. The first kappa shape index (κ1) is 6.23. The lowest BCUT2D eigenvalue weighted by Gasteiger charge is -2.11. The van der Waals surface area contributed by atoms with Crippen LogP contribution in [-0.4, -0.2) is 10.8 Å². The number of hydrogen-bond acceptors (Lipinski definition) is 2. The van der Waals surface area contributed by atoms with Crippen LogP contribution in [-0.2, 0) is 0 Å². The third-order valence-electron chi connectivity index (χ3n) is 1.79. The fourth-order valence-corrected chi connectivity index (χ4v) is 2.01. The third kappa shape index (κ3) is 0.926. The molecule has 1 nitrogen and oxygen atoms in total. The molecule has 0 aromatic carbocycles. The molecule has 2 heteroatoms. The van der Waals surface area contributed by atoms with Crippen LogP contribution in [0.2, 0.25) is 0 Å². The molecular weight excluding hydrogens is 142 g/mol. The Balaban J connectivity index is 2.31. The Hall–Kier alpha value is -0.500. The van der Waals surface area contributed by atoms with Gasteiger partial charge in [-0.25, -0.2) is 0 Å². The summed E-state index contributed by atoms with van der Waals surface area (Å²) < 4.78 is 0. The Labute approximate surface area is 64.9 Å². The summed E-state index contributed by atoms with van der Waals surface area (Å²) in [6.07, 6.45) is 5.60. The maximum absolute atomic E-state index is 4.27. The number of nitrogens with zero attached hydrogens (tertiary/aromatic N) is 1. The van der Waals surface area contributed by atoms with Crippen molar-refractivity contribution in [2.75, 3.05) is 0 Å². The van der Waals surface area contributed by atoms with Gasteiger partial charge in [0.05, 0.1) is 16.5 Å². The molecule has 1 atom stereocenters. The van der Waals surface area contributed by atoms with E-state index in [2.05, 4.69) is 24.1 Å². The molecule has 0 amide bonds. The smallest absolute Gasteiger partial charge is 0.0607 e. The average molecular weight is 151 g/mol. The fraction of sp³-hybridized carbons (Fsp3) is 0.375. The highest BCUT2D eigenvalue weighted by molar-refractivity contribution is 8.13. The molecule has 1 heterocycles. The molecule has 2 rings (SSSR count). The highest BCUT2D eigenvalue weighted by atomic mass is 32.2. The van der Waals surface area contributed by atoms with Crippen molar-refractivity contribution >= 4 is 17.3 Å². The van der Waals surface area contributed by atoms with Crippen molar-refractivity contribution in [3.63, 3.8) is 0 Å². The lowest BCUT2D eigenvalue weighted by Crippen LogP contribution is -2.03. The van der Waals surface area contributed by atoms with E-state index in [1.54, 1.807) is 0 Å². The standard InChI is InChI=1S/C8H9NS/c1-6-2-3-8-7(4-6)9-5-10-8/h2,4-5,8H,3H2,1H3. The van der Waals surface area contributed by atoms with Crippen molar-refractivity contribution in [1.82, 2.24) is 0 Å². The number of hydrogen-bond donors (Lipinski definition) is 0. The van der Waals surface area contributed by atoms with Gasteiger partial charge in [-0.3, -0.25) is 4.99 Å². The van der Waals surface area contributed by atoms with E-state index in [0.717, 1.165) is 6.42 Å². The van der Waals surface area contributed by atoms with Gasteiger partial charge in [-0.15, -0.1) is 11.8 Å². The van der Waals surface area contributed by atoms with Gasteiger partial charge in [0.25, 0.3) is 0 Å². The minimum atomic E-state index is 0.628. The molecule has 1 unspecified atom stereocenters. The quantitative estimate of drug-likeness (QED) is 0.517. The van der Waals surface area contributed by atoms with Crippen LogP contribution in [0.3, 0.4) is 0 Å². The van der Waals surface area contributed by atoms with Gasteiger partial charge in [-0.2, -0.15) is 0 Å². The Morgan fingerprint density at radius 2 is 2.60 bits per heavy atom. The van der Waals surface area contributed by atoms with Crippen molar-refractivity contribution in [2.24, 2.45) is 4.99 Å². The van der Waals surface area contributed by atoms with Crippen LogP contribution in [0.25, 0.3) is 0 Å². The van der Waals surface area contributed by atoms with Crippen molar-refractivity contribution in [3.8, 4) is 0 Å². The number of aliphatic imine (C=N–C) groups is 1. The van der Waals surface area contributed by atoms with Crippen LogP contribution >= 0.6 is 11.8 Å². The summed E-state index contributed by atoms with van der Waals surface area (Å²) in [7, 11) is 0. The molecule has 52 valence electrons. The second-order valence-electron chi connectivity index (χ2n) is 2.61. The van der Waals surface area contributed by atoms with Gasteiger partial charge in [0.2, 0.25) is 0 Å². The summed E-state index contributed by atoms with van der Waals surface area (Å²) >= 11 is 1.82. The first-order valence-electron chi connectivity index (χ1n) is 3.42. The number of fused-ring (bicyclic) bond motifs is 1. The van der Waals surface area contributed by atoms with Crippen LogP contribution in [0.1, 0.15) is 13.3 Å². The number of thioether (sulfide) groups is 1. The first-order valence-corrected chi connectivity index (χ1v) is 4.37. The summed E-state index contributed by atoms with van der Waals surface area (Å²) in [5.74, 6) is 0. The Morgan fingerprint density at radius 1 is 1.70 bits per heavy atom. The van der Waals surface area contributed by atoms with E-state index in [4.69, 9.17) is 0 Å². The largest absolute Gasteiger partial charge is 0.253 e. The van der Waals surface area contributed by atoms with E-state index in [-0.39, 0.29) is 0 Å². The molecule has 2 aliphatic rings. The van der Waals surface area contributed by atoms with E-state index in [9.17, 15) is 0 Å². The molecule has 0 radical (unpaired) electrons. The fourth-order valence-electron chi connectivity index (χ4n) is 1.21. The normalized spacial score (nSPS) is 29.5. The average Bonchev–Trinajstić information content (AvgIpc) is 2.33. The lowest BCUT2D eigenvalue weighted by atomic mass is 10.1. The van der Waals surface area contributed by atoms with Crippen LogP contribution in [0.4, 0.5) is 0 Å². The molecule has 0 saturated heterocycles. The highest BCUT2D eigenvalue weighted by Crippen LogP contribution is 2.32. The molecule has 1 aliphatic heterocycles. The summed E-state index contributed by atoms with van der Waals surface area (Å²) in [6.45, 7) is 2.13. The number of rotatable bonds is 0. The maximum Gasteiger partial charge on any atom is 0.0607 e. The highest BCUT2D eigenvalue weighted by Gasteiger charge is 2.19. The Bertz CT molecular complexity index is 238. The first-order chi connectivity index (χ1) is 4.86. The van der Waals surface area contributed by atoms with Gasteiger partial charge in [0.15, 0.2) is 0 Å². The van der Waals surface area contributed by atoms with E-state index in [1.807, 2.05) is 17.3 Å². The summed E-state index contributed by atoms with van der Waals surface area (Å²) in [4.78, 5) is 4.27. The molecule has 0 saturated carbocycles. The van der Waals surface area contributed by atoms with Crippen molar-refractivity contribution in [2.45, 2.75) is 18.6 Å². The zero-order chi connectivity index (χ0) is 6.97. The van der Waals surface area contributed by atoms with Gasteiger partial charge in [-0.05, 0) is 19.4 Å². The maximum atomic E-state index is 4.27. The van der Waals surface area contributed by atoms with E-state index in [0.29, 0.717) is 5.25 Å². The van der Waals surface area contributed by atoms with E-state index in [1.165, 1.54) is 11.3 Å².